The van der Waals surface area contributed by atoms with E-state index in [-0.39, 0.29) is 5.78 Å². The second kappa shape index (κ2) is 6.76. The summed E-state index contributed by atoms with van der Waals surface area (Å²) in [5.41, 5.74) is 2.79. The van der Waals surface area contributed by atoms with Crippen LogP contribution in [0, 0.1) is 6.92 Å². The molecule has 2 rings (SSSR count). The van der Waals surface area contributed by atoms with Crippen LogP contribution in [0.25, 0.3) is 0 Å². The second-order valence-electron chi connectivity index (χ2n) is 5.10. The van der Waals surface area contributed by atoms with E-state index in [1.807, 2.05) is 38.2 Å². The largest absolute Gasteiger partial charge is 0.487 e. The molecule has 1 heterocycles. The van der Waals surface area contributed by atoms with Crippen LogP contribution < -0.4 is 4.74 Å². The van der Waals surface area contributed by atoms with Crippen LogP contribution in [0.4, 0.5) is 0 Å². The third-order valence-electron chi connectivity index (χ3n) is 3.33. The van der Waals surface area contributed by atoms with E-state index in [0.29, 0.717) is 18.1 Å². The fraction of sp³-hybridized carbons (Fsp3) is 0.375. The molecule has 0 bridgehead atoms. The van der Waals surface area contributed by atoms with E-state index in [4.69, 9.17) is 16.3 Å². The van der Waals surface area contributed by atoms with Gasteiger partial charge in [0.25, 0.3) is 0 Å². The predicted octanol–water partition coefficient (Wildman–Crippen LogP) is 3.48. The lowest BCUT2D eigenvalue weighted by atomic mass is 10.1. The van der Waals surface area contributed by atoms with Crippen molar-refractivity contribution in [3.63, 3.8) is 0 Å². The molecule has 0 aliphatic carbocycles. The molecule has 21 heavy (non-hydrogen) atoms. The number of nitrogens with zero attached hydrogens (tertiary/aromatic N) is 2. The molecule has 0 atom stereocenters. The van der Waals surface area contributed by atoms with Crippen molar-refractivity contribution in [1.29, 1.82) is 0 Å². The smallest absolute Gasteiger partial charge is 0.131 e. The Kier molecular flexibility index (Phi) is 5.02. The first-order valence-electron chi connectivity index (χ1n) is 6.86. The molecule has 0 unspecified atom stereocenters. The average Bonchev–Trinajstić information content (AvgIpc) is 2.69. The third-order valence-corrected chi connectivity index (χ3v) is 3.82. The van der Waals surface area contributed by atoms with Crippen LogP contribution in [-0.4, -0.2) is 15.6 Å². The van der Waals surface area contributed by atoms with Crippen molar-refractivity contribution < 1.29 is 9.53 Å². The summed E-state index contributed by atoms with van der Waals surface area (Å²) < 4.78 is 7.47. The highest BCUT2D eigenvalue weighted by Crippen LogP contribution is 2.22. The lowest BCUT2D eigenvalue weighted by Gasteiger charge is -2.08. The Balaban J connectivity index is 1.96. The monoisotopic (exact) mass is 306 g/mol. The zero-order valence-corrected chi connectivity index (χ0v) is 13.3. The molecule has 0 spiro atoms. The van der Waals surface area contributed by atoms with Crippen molar-refractivity contribution in [3.05, 3.63) is 46.2 Å². The molecule has 2 aromatic rings. The van der Waals surface area contributed by atoms with Crippen molar-refractivity contribution in [2.45, 2.75) is 33.3 Å². The number of aryl methyl sites for hydroxylation is 3. The number of ether oxygens (including phenoxy) is 1. The summed E-state index contributed by atoms with van der Waals surface area (Å²) in [6.45, 7) is 3.86. The lowest BCUT2D eigenvalue weighted by molar-refractivity contribution is -0.116. The maximum Gasteiger partial charge on any atom is 0.131 e. The minimum atomic E-state index is 0.205. The van der Waals surface area contributed by atoms with Gasteiger partial charge in [0.15, 0.2) is 0 Å². The summed E-state index contributed by atoms with van der Waals surface area (Å²) >= 11 is 6.18. The van der Waals surface area contributed by atoms with E-state index in [2.05, 4.69) is 5.10 Å². The van der Waals surface area contributed by atoms with Gasteiger partial charge in [0.2, 0.25) is 0 Å². The molecule has 0 saturated carbocycles. The Bertz CT molecular complexity index is 632. The van der Waals surface area contributed by atoms with Crippen molar-refractivity contribution in [1.82, 2.24) is 9.78 Å². The molecule has 0 radical (unpaired) electrons. The molecule has 1 aromatic heterocycles. The van der Waals surface area contributed by atoms with Crippen molar-refractivity contribution in [2.75, 3.05) is 0 Å². The lowest BCUT2D eigenvalue weighted by Crippen LogP contribution is -2.03. The fourth-order valence-electron chi connectivity index (χ4n) is 2.06. The molecule has 0 N–H and O–H groups in total. The number of rotatable bonds is 6. The molecular weight excluding hydrogens is 288 g/mol. The van der Waals surface area contributed by atoms with Gasteiger partial charge in [-0.2, -0.15) is 5.10 Å². The first kappa shape index (κ1) is 15.6. The molecule has 1 aromatic carbocycles. The molecule has 112 valence electrons. The number of ketones is 1. The van der Waals surface area contributed by atoms with Crippen LogP contribution in [0.15, 0.2) is 24.3 Å². The molecule has 5 heteroatoms. The van der Waals surface area contributed by atoms with E-state index < -0.39 is 0 Å². The van der Waals surface area contributed by atoms with E-state index in [0.717, 1.165) is 29.1 Å². The zero-order chi connectivity index (χ0) is 15.4. The number of hydrogen-bond acceptors (Lipinski definition) is 3. The number of halogens is 1. The van der Waals surface area contributed by atoms with E-state index in [1.165, 1.54) is 0 Å². The fourth-order valence-corrected chi connectivity index (χ4v) is 2.28. The standard InChI is InChI=1S/C16H19ClN2O2/c1-11(20)4-5-13-6-8-14(9-7-13)21-10-15-16(17)12(2)18-19(15)3/h6-9H,4-5,10H2,1-3H3. The highest BCUT2D eigenvalue weighted by atomic mass is 35.5. The third kappa shape index (κ3) is 4.08. The van der Waals surface area contributed by atoms with Gasteiger partial charge in [-0.05, 0) is 38.0 Å². The highest BCUT2D eigenvalue weighted by molar-refractivity contribution is 6.31. The Morgan fingerprint density at radius 3 is 2.52 bits per heavy atom. The van der Waals surface area contributed by atoms with Crippen LogP contribution in [-0.2, 0) is 24.9 Å². The Labute approximate surface area is 129 Å². The number of aromatic nitrogens is 2. The van der Waals surface area contributed by atoms with Gasteiger partial charge < -0.3 is 9.53 Å². The normalized spacial score (nSPS) is 10.7. The van der Waals surface area contributed by atoms with Crippen LogP contribution in [0.1, 0.15) is 30.3 Å². The van der Waals surface area contributed by atoms with Crippen molar-refractivity contribution >= 4 is 17.4 Å². The van der Waals surface area contributed by atoms with Crippen LogP contribution in [0.3, 0.4) is 0 Å². The minimum absolute atomic E-state index is 0.205. The van der Waals surface area contributed by atoms with Gasteiger partial charge in [0.05, 0.1) is 16.4 Å². The Morgan fingerprint density at radius 2 is 2.00 bits per heavy atom. The van der Waals surface area contributed by atoms with Gasteiger partial charge in [-0.25, -0.2) is 0 Å². The quantitative estimate of drug-likeness (QED) is 0.820. The van der Waals surface area contributed by atoms with Gasteiger partial charge in [-0.15, -0.1) is 0 Å². The molecule has 4 nitrogen and oxygen atoms in total. The zero-order valence-electron chi connectivity index (χ0n) is 12.5. The second-order valence-corrected chi connectivity index (χ2v) is 5.48. The molecule has 0 saturated heterocycles. The minimum Gasteiger partial charge on any atom is -0.487 e. The Morgan fingerprint density at radius 1 is 1.33 bits per heavy atom. The van der Waals surface area contributed by atoms with E-state index >= 15 is 0 Å². The summed E-state index contributed by atoms with van der Waals surface area (Å²) in [7, 11) is 1.85. The highest BCUT2D eigenvalue weighted by Gasteiger charge is 2.11. The topological polar surface area (TPSA) is 44.1 Å². The predicted molar refractivity (Wildman–Crippen MR) is 82.7 cm³/mol. The SMILES string of the molecule is CC(=O)CCc1ccc(OCc2c(Cl)c(C)nn2C)cc1. The van der Waals surface area contributed by atoms with E-state index in [1.54, 1.807) is 11.6 Å². The first-order valence-corrected chi connectivity index (χ1v) is 7.24. The van der Waals surface area contributed by atoms with E-state index in [9.17, 15) is 4.79 Å². The number of Topliss-reactive ketones (excluding diaryl/α,β-unsaturated/α-hetero) is 1. The molecular formula is C16H19ClN2O2. The molecule has 0 amide bonds. The summed E-state index contributed by atoms with van der Waals surface area (Å²) in [6.07, 6.45) is 1.34. The van der Waals surface area contributed by atoms with Crippen LogP contribution >= 0.6 is 11.6 Å². The number of benzene rings is 1. The first-order chi connectivity index (χ1) is 9.97. The van der Waals surface area contributed by atoms with Crippen LogP contribution in [0.2, 0.25) is 5.02 Å². The number of carbonyl (C=O) groups is 1. The Hall–Kier alpha value is -1.81. The summed E-state index contributed by atoms with van der Waals surface area (Å²) in [5.74, 6) is 0.980. The summed E-state index contributed by atoms with van der Waals surface area (Å²) in [4.78, 5) is 11.0. The van der Waals surface area contributed by atoms with Gasteiger partial charge >= 0.3 is 0 Å². The summed E-state index contributed by atoms with van der Waals surface area (Å²) in [6, 6.07) is 7.78. The van der Waals surface area contributed by atoms with Crippen molar-refractivity contribution in [3.8, 4) is 5.75 Å². The maximum absolute atomic E-state index is 11.0. The van der Waals surface area contributed by atoms with Gasteiger partial charge in [-0.1, -0.05) is 23.7 Å². The number of carbonyl (C=O) groups excluding carboxylic acids is 1. The van der Waals surface area contributed by atoms with Gasteiger partial charge in [0, 0.05) is 13.5 Å². The van der Waals surface area contributed by atoms with Gasteiger partial charge in [0.1, 0.15) is 18.1 Å². The van der Waals surface area contributed by atoms with Crippen molar-refractivity contribution in [2.24, 2.45) is 7.05 Å². The summed E-state index contributed by atoms with van der Waals surface area (Å²) in [5, 5.41) is 4.90. The molecule has 0 aliphatic heterocycles. The molecule has 0 fully saturated rings. The van der Waals surface area contributed by atoms with Crippen LogP contribution in [0.5, 0.6) is 5.75 Å². The van der Waals surface area contributed by atoms with Gasteiger partial charge in [-0.3, -0.25) is 4.68 Å². The maximum atomic E-state index is 11.0. The number of hydrogen-bond donors (Lipinski definition) is 0. The average molecular weight is 307 g/mol. The molecule has 0 aliphatic rings.